The fourth-order valence-electron chi connectivity index (χ4n) is 2.20. The van der Waals surface area contributed by atoms with E-state index in [-0.39, 0.29) is 5.69 Å². The van der Waals surface area contributed by atoms with E-state index in [4.69, 9.17) is 5.26 Å². The van der Waals surface area contributed by atoms with E-state index >= 15 is 0 Å². The maximum absolute atomic E-state index is 12.1. The lowest BCUT2D eigenvalue weighted by Crippen LogP contribution is -2.45. The van der Waals surface area contributed by atoms with Gasteiger partial charge < -0.3 is 10.2 Å². The normalized spacial score (nSPS) is 18.1. The van der Waals surface area contributed by atoms with Crippen LogP contribution in [0, 0.1) is 21.4 Å². The third kappa shape index (κ3) is 3.03. The molecule has 2 amide bonds. The number of hydrogen-bond donors (Lipinski definition) is 1. The Labute approximate surface area is 115 Å². The highest BCUT2D eigenvalue weighted by molar-refractivity contribution is 5.90. The summed E-state index contributed by atoms with van der Waals surface area (Å²) in [5.74, 6) is 0. The summed E-state index contributed by atoms with van der Waals surface area (Å²) >= 11 is 0. The Morgan fingerprint density at radius 1 is 1.50 bits per heavy atom. The predicted octanol–water partition coefficient (Wildman–Crippen LogP) is 2.50. The molecule has 0 radical (unpaired) electrons. The van der Waals surface area contributed by atoms with Gasteiger partial charge in [0.2, 0.25) is 0 Å². The second-order valence-electron chi connectivity index (χ2n) is 4.57. The number of carbonyl (C=O) groups excluding carboxylic acids is 1. The van der Waals surface area contributed by atoms with Crippen LogP contribution in [0.15, 0.2) is 24.3 Å². The first-order chi connectivity index (χ1) is 9.61. The zero-order valence-corrected chi connectivity index (χ0v) is 10.8. The predicted molar refractivity (Wildman–Crippen MR) is 72.1 cm³/mol. The van der Waals surface area contributed by atoms with Crippen molar-refractivity contribution in [3.63, 3.8) is 0 Å². The summed E-state index contributed by atoms with van der Waals surface area (Å²) in [6.07, 6.45) is 2.46. The number of nitriles is 1. The van der Waals surface area contributed by atoms with Crippen LogP contribution in [0.3, 0.4) is 0 Å². The quantitative estimate of drug-likeness (QED) is 0.661. The summed E-state index contributed by atoms with van der Waals surface area (Å²) in [5, 5.41) is 22.3. The van der Waals surface area contributed by atoms with E-state index in [0.717, 1.165) is 12.8 Å². The Morgan fingerprint density at radius 2 is 2.30 bits per heavy atom. The van der Waals surface area contributed by atoms with Crippen molar-refractivity contribution in [2.75, 3.05) is 11.9 Å². The molecule has 0 saturated carbocycles. The molecule has 1 heterocycles. The molecule has 1 aromatic rings. The average Bonchev–Trinajstić information content (AvgIpc) is 2.47. The summed E-state index contributed by atoms with van der Waals surface area (Å²) in [6.45, 7) is 0.527. The van der Waals surface area contributed by atoms with Crippen LogP contribution in [-0.2, 0) is 0 Å². The molecular formula is C13H14N4O3. The van der Waals surface area contributed by atoms with Crippen molar-refractivity contribution in [1.29, 1.82) is 5.26 Å². The number of nitrogens with one attached hydrogen (secondary N) is 1. The summed E-state index contributed by atoms with van der Waals surface area (Å²) in [7, 11) is 0. The lowest BCUT2D eigenvalue weighted by atomic mass is 10.0. The van der Waals surface area contributed by atoms with Crippen LogP contribution in [0.1, 0.15) is 19.3 Å². The van der Waals surface area contributed by atoms with Gasteiger partial charge in [0.25, 0.3) is 5.69 Å². The van der Waals surface area contributed by atoms with Crippen LogP contribution in [0.4, 0.5) is 16.2 Å². The number of non-ortho nitro benzene ring substituents is 1. The zero-order chi connectivity index (χ0) is 14.5. The molecule has 0 aromatic heterocycles. The minimum Gasteiger partial charge on any atom is -0.309 e. The number of nitro benzene ring substituents is 1. The highest BCUT2D eigenvalue weighted by atomic mass is 16.6. The minimum atomic E-state index is -0.519. The summed E-state index contributed by atoms with van der Waals surface area (Å²) < 4.78 is 0. The minimum absolute atomic E-state index is 0.0849. The van der Waals surface area contributed by atoms with Gasteiger partial charge in [-0.05, 0) is 25.3 Å². The van der Waals surface area contributed by atoms with Crippen molar-refractivity contribution in [1.82, 2.24) is 4.90 Å². The van der Waals surface area contributed by atoms with Gasteiger partial charge in [-0.15, -0.1) is 0 Å². The first-order valence-corrected chi connectivity index (χ1v) is 6.33. The lowest BCUT2D eigenvalue weighted by molar-refractivity contribution is -0.384. The molecule has 7 nitrogen and oxygen atoms in total. The van der Waals surface area contributed by atoms with Gasteiger partial charge in [-0.25, -0.2) is 4.79 Å². The maximum atomic E-state index is 12.1. The standard InChI is InChI=1S/C13H14N4O3/c14-9-12-5-1-2-7-16(12)13(18)15-10-4-3-6-11(8-10)17(19)20/h3-4,6,8,12H,1-2,5,7H2,(H,15,18). The van der Waals surface area contributed by atoms with E-state index < -0.39 is 17.0 Å². The second kappa shape index (κ2) is 6.02. The first-order valence-electron chi connectivity index (χ1n) is 6.33. The molecule has 1 aliphatic heterocycles. The van der Waals surface area contributed by atoms with E-state index in [1.54, 1.807) is 6.07 Å². The van der Waals surface area contributed by atoms with Crippen molar-refractivity contribution in [3.8, 4) is 6.07 Å². The number of piperidine rings is 1. The van der Waals surface area contributed by atoms with Crippen molar-refractivity contribution in [2.45, 2.75) is 25.3 Å². The number of likely N-dealkylation sites (tertiary alicyclic amines) is 1. The van der Waals surface area contributed by atoms with Gasteiger partial charge in [-0.1, -0.05) is 6.07 Å². The third-order valence-electron chi connectivity index (χ3n) is 3.22. The molecule has 1 aromatic carbocycles. The molecule has 2 rings (SSSR count). The summed E-state index contributed by atoms with van der Waals surface area (Å²) in [5.41, 5.74) is 0.268. The number of benzene rings is 1. The van der Waals surface area contributed by atoms with Crippen molar-refractivity contribution < 1.29 is 9.72 Å². The number of hydrogen-bond acceptors (Lipinski definition) is 4. The van der Waals surface area contributed by atoms with Gasteiger partial charge in [-0.3, -0.25) is 10.1 Å². The van der Waals surface area contributed by atoms with E-state index in [2.05, 4.69) is 11.4 Å². The van der Waals surface area contributed by atoms with Crippen LogP contribution in [0.25, 0.3) is 0 Å². The topological polar surface area (TPSA) is 99.3 Å². The number of anilines is 1. The molecule has 1 N–H and O–H groups in total. The van der Waals surface area contributed by atoms with Crippen LogP contribution < -0.4 is 5.32 Å². The zero-order valence-electron chi connectivity index (χ0n) is 10.8. The van der Waals surface area contributed by atoms with Gasteiger partial charge in [0, 0.05) is 24.4 Å². The smallest absolute Gasteiger partial charge is 0.309 e. The van der Waals surface area contributed by atoms with E-state index in [1.165, 1.54) is 23.1 Å². The highest BCUT2D eigenvalue weighted by Gasteiger charge is 2.26. The number of rotatable bonds is 2. The number of nitrogens with zero attached hydrogens (tertiary/aromatic N) is 3. The Morgan fingerprint density at radius 3 is 3.00 bits per heavy atom. The Balaban J connectivity index is 2.09. The SMILES string of the molecule is N#CC1CCCCN1C(=O)Nc1cccc([N+](=O)[O-])c1. The lowest BCUT2D eigenvalue weighted by Gasteiger charge is -2.31. The van der Waals surface area contributed by atoms with Crippen LogP contribution in [0.2, 0.25) is 0 Å². The maximum Gasteiger partial charge on any atom is 0.322 e. The van der Waals surface area contributed by atoms with E-state index in [1.807, 2.05) is 0 Å². The largest absolute Gasteiger partial charge is 0.322 e. The van der Waals surface area contributed by atoms with E-state index in [9.17, 15) is 14.9 Å². The number of nitro groups is 1. The van der Waals surface area contributed by atoms with Crippen LogP contribution in [-0.4, -0.2) is 28.4 Å². The fraction of sp³-hybridized carbons (Fsp3) is 0.385. The van der Waals surface area contributed by atoms with Gasteiger partial charge in [-0.2, -0.15) is 5.26 Å². The summed E-state index contributed by atoms with van der Waals surface area (Å²) in [6, 6.07) is 7.02. The summed E-state index contributed by atoms with van der Waals surface area (Å²) in [4.78, 5) is 23.7. The molecule has 1 atom stereocenters. The van der Waals surface area contributed by atoms with Crippen molar-refractivity contribution >= 4 is 17.4 Å². The molecule has 104 valence electrons. The van der Waals surface area contributed by atoms with Crippen LogP contribution >= 0.6 is 0 Å². The number of urea groups is 1. The Hall–Kier alpha value is -2.62. The molecule has 1 saturated heterocycles. The molecule has 1 fully saturated rings. The molecule has 1 aliphatic rings. The van der Waals surface area contributed by atoms with Gasteiger partial charge in [0.15, 0.2) is 0 Å². The molecule has 20 heavy (non-hydrogen) atoms. The molecule has 0 aliphatic carbocycles. The van der Waals surface area contributed by atoms with Crippen molar-refractivity contribution in [2.24, 2.45) is 0 Å². The highest BCUT2D eigenvalue weighted by Crippen LogP contribution is 2.20. The molecule has 0 bridgehead atoms. The Bertz CT molecular complexity index is 567. The number of amides is 2. The molecule has 7 heteroatoms. The van der Waals surface area contributed by atoms with E-state index in [0.29, 0.717) is 18.7 Å². The average molecular weight is 274 g/mol. The molecule has 0 spiro atoms. The number of carbonyl (C=O) groups is 1. The Kier molecular flexibility index (Phi) is 4.15. The van der Waals surface area contributed by atoms with Gasteiger partial charge in [0.05, 0.1) is 11.0 Å². The van der Waals surface area contributed by atoms with Crippen molar-refractivity contribution in [3.05, 3.63) is 34.4 Å². The first kappa shape index (κ1) is 13.8. The molecular weight excluding hydrogens is 260 g/mol. The molecule has 1 unspecified atom stereocenters. The van der Waals surface area contributed by atoms with Gasteiger partial charge in [0.1, 0.15) is 6.04 Å². The fourth-order valence-corrected chi connectivity index (χ4v) is 2.20. The van der Waals surface area contributed by atoms with Crippen LogP contribution in [0.5, 0.6) is 0 Å². The monoisotopic (exact) mass is 274 g/mol. The second-order valence-corrected chi connectivity index (χ2v) is 4.57. The third-order valence-corrected chi connectivity index (χ3v) is 3.22. The van der Waals surface area contributed by atoms with Gasteiger partial charge >= 0.3 is 6.03 Å².